The van der Waals surface area contributed by atoms with Gasteiger partial charge >= 0.3 is 5.97 Å². The quantitative estimate of drug-likeness (QED) is 0.718. The molecule has 0 saturated heterocycles. The lowest BCUT2D eigenvalue weighted by Crippen LogP contribution is -2.42. The molecule has 7 nitrogen and oxygen atoms in total. The van der Waals surface area contributed by atoms with Crippen LogP contribution in [0.25, 0.3) is 0 Å². The highest BCUT2D eigenvalue weighted by Crippen LogP contribution is 2.25. The summed E-state index contributed by atoms with van der Waals surface area (Å²) in [6, 6.07) is 3.11. The van der Waals surface area contributed by atoms with Crippen molar-refractivity contribution in [1.29, 1.82) is 0 Å². The zero-order chi connectivity index (χ0) is 19.4. The number of nitrogens with zero attached hydrogens (tertiary/aromatic N) is 1. The minimum absolute atomic E-state index is 0.0111. The van der Waals surface area contributed by atoms with E-state index in [0.717, 1.165) is 4.31 Å². The van der Waals surface area contributed by atoms with Gasteiger partial charge in [-0.15, -0.1) is 0 Å². The van der Waals surface area contributed by atoms with Gasteiger partial charge in [-0.1, -0.05) is 25.4 Å². The minimum Gasteiger partial charge on any atom is -0.467 e. The lowest BCUT2D eigenvalue weighted by Gasteiger charge is -2.19. The van der Waals surface area contributed by atoms with Crippen molar-refractivity contribution in [2.75, 3.05) is 21.2 Å². The fraction of sp³-hybridized carbons (Fsp3) is 0.500. The van der Waals surface area contributed by atoms with Crippen LogP contribution in [0.1, 0.15) is 30.6 Å². The molecule has 0 fully saturated rings. The fourth-order valence-corrected chi connectivity index (χ4v) is 3.50. The number of ether oxygens (including phenoxy) is 1. The van der Waals surface area contributed by atoms with E-state index in [1.54, 1.807) is 0 Å². The van der Waals surface area contributed by atoms with Gasteiger partial charge in [0.2, 0.25) is 10.0 Å². The monoisotopic (exact) mass is 390 g/mol. The fourth-order valence-electron chi connectivity index (χ4n) is 2.11. The summed E-state index contributed by atoms with van der Waals surface area (Å²) in [7, 11) is 0.178. The molecule has 0 spiro atoms. The first-order valence-corrected chi connectivity index (χ1v) is 9.43. The second-order valence-electron chi connectivity index (χ2n) is 6.11. The van der Waals surface area contributed by atoms with E-state index in [4.69, 9.17) is 16.3 Å². The number of nitrogens with one attached hydrogen (secondary N) is 1. The van der Waals surface area contributed by atoms with E-state index >= 15 is 0 Å². The molecule has 1 N–H and O–H groups in total. The molecule has 25 heavy (non-hydrogen) atoms. The number of hydrogen-bond donors (Lipinski definition) is 1. The number of rotatable bonds is 7. The van der Waals surface area contributed by atoms with Crippen LogP contribution in [-0.4, -0.2) is 51.8 Å². The van der Waals surface area contributed by atoms with E-state index in [0.29, 0.717) is 6.42 Å². The van der Waals surface area contributed by atoms with Crippen molar-refractivity contribution in [3.63, 3.8) is 0 Å². The van der Waals surface area contributed by atoms with Crippen LogP contribution in [0, 0.1) is 5.92 Å². The topological polar surface area (TPSA) is 92.8 Å². The lowest BCUT2D eigenvalue weighted by molar-refractivity contribution is -0.143. The van der Waals surface area contributed by atoms with E-state index in [1.165, 1.54) is 39.4 Å². The smallest absolute Gasteiger partial charge is 0.328 e. The Morgan fingerprint density at radius 1 is 1.28 bits per heavy atom. The number of amides is 1. The molecule has 1 atom stereocenters. The Morgan fingerprint density at radius 3 is 2.36 bits per heavy atom. The molecule has 1 aromatic carbocycles. The summed E-state index contributed by atoms with van der Waals surface area (Å²) in [5.41, 5.74) is 0.0856. The van der Waals surface area contributed by atoms with Crippen LogP contribution in [0.4, 0.5) is 0 Å². The first-order chi connectivity index (χ1) is 11.5. The van der Waals surface area contributed by atoms with Crippen LogP contribution in [0.2, 0.25) is 5.02 Å². The summed E-state index contributed by atoms with van der Waals surface area (Å²) < 4.78 is 30.3. The molecule has 0 saturated carbocycles. The van der Waals surface area contributed by atoms with Crippen LogP contribution >= 0.6 is 11.6 Å². The molecule has 1 aromatic rings. The van der Waals surface area contributed by atoms with Crippen LogP contribution in [0.15, 0.2) is 23.1 Å². The third-order valence-corrected chi connectivity index (χ3v) is 5.75. The van der Waals surface area contributed by atoms with Crippen LogP contribution in [0.3, 0.4) is 0 Å². The van der Waals surface area contributed by atoms with Gasteiger partial charge in [-0.05, 0) is 30.5 Å². The SMILES string of the molecule is COC(=O)[C@@H](CC(C)C)NC(=O)c1ccc(Cl)c(S(=O)(=O)N(C)C)c1. The van der Waals surface area contributed by atoms with Crippen LogP contribution < -0.4 is 5.32 Å². The van der Waals surface area contributed by atoms with E-state index in [-0.39, 0.29) is 21.4 Å². The maximum absolute atomic E-state index is 12.4. The van der Waals surface area contributed by atoms with Crippen LogP contribution in [0.5, 0.6) is 0 Å². The van der Waals surface area contributed by atoms with Gasteiger partial charge in [0.1, 0.15) is 10.9 Å². The van der Waals surface area contributed by atoms with Crippen molar-refractivity contribution in [1.82, 2.24) is 9.62 Å². The first kappa shape index (κ1) is 21.4. The van der Waals surface area contributed by atoms with E-state index < -0.39 is 27.9 Å². The van der Waals surface area contributed by atoms with Crippen molar-refractivity contribution in [3.05, 3.63) is 28.8 Å². The molecule has 9 heteroatoms. The van der Waals surface area contributed by atoms with Gasteiger partial charge in [0.25, 0.3) is 5.91 Å². The van der Waals surface area contributed by atoms with Gasteiger partial charge in [0.05, 0.1) is 12.1 Å². The molecule has 0 aromatic heterocycles. The first-order valence-electron chi connectivity index (χ1n) is 7.61. The zero-order valence-corrected chi connectivity index (χ0v) is 16.4. The number of esters is 1. The highest BCUT2D eigenvalue weighted by Gasteiger charge is 2.26. The number of benzene rings is 1. The second kappa shape index (κ2) is 8.64. The van der Waals surface area contributed by atoms with Gasteiger partial charge in [0, 0.05) is 19.7 Å². The molecule has 0 heterocycles. The Hall–Kier alpha value is -1.64. The third-order valence-electron chi connectivity index (χ3n) is 3.45. The van der Waals surface area contributed by atoms with Gasteiger partial charge in [-0.25, -0.2) is 17.5 Å². The summed E-state index contributed by atoms with van der Waals surface area (Å²) >= 11 is 5.97. The molecular formula is C16H23ClN2O5S. The summed E-state index contributed by atoms with van der Waals surface area (Å²) in [5, 5.41) is 2.59. The summed E-state index contributed by atoms with van der Waals surface area (Å²) in [6.45, 7) is 3.82. The highest BCUT2D eigenvalue weighted by atomic mass is 35.5. The Morgan fingerprint density at radius 2 is 1.88 bits per heavy atom. The van der Waals surface area contributed by atoms with E-state index in [9.17, 15) is 18.0 Å². The highest BCUT2D eigenvalue weighted by molar-refractivity contribution is 7.89. The molecule has 0 aliphatic rings. The predicted octanol–water partition coefficient (Wildman–Crippen LogP) is 1.91. The van der Waals surface area contributed by atoms with Gasteiger partial charge in [-0.3, -0.25) is 4.79 Å². The van der Waals surface area contributed by atoms with Crippen molar-refractivity contribution >= 4 is 33.5 Å². The number of methoxy groups -OCH3 is 1. The largest absolute Gasteiger partial charge is 0.467 e. The molecule has 0 aliphatic heterocycles. The van der Waals surface area contributed by atoms with Gasteiger partial charge in [0.15, 0.2) is 0 Å². The summed E-state index contributed by atoms with van der Waals surface area (Å²) in [5.74, 6) is -0.987. The second-order valence-corrected chi connectivity index (χ2v) is 8.64. The van der Waals surface area contributed by atoms with E-state index in [2.05, 4.69) is 5.32 Å². The zero-order valence-electron chi connectivity index (χ0n) is 14.9. The number of carbonyl (C=O) groups excluding carboxylic acids is 2. The molecule has 0 aliphatic carbocycles. The Kier molecular flexibility index (Phi) is 7.40. The molecular weight excluding hydrogens is 368 g/mol. The average Bonchev–Trinajstić information content (AvgIpc) is 2.52. The Balaban J connectivity index is 3.16. The summed E-state index contributed by atoms with van der Waals surface area (Å²) in [6.07, 6.45) is 0.398. The molecule has 0 unspecified atom stereocenters. The molecule has 1 rings (SSSR count). The molecule has 1 amide bonds. The third kappa shape index (κ3) is 5.42. The number of sulfonamides is 1. The lowest BCUT2D eigenvalue weighted by atomic mass is 10.0. The Bertz CT molecular complexity index is 747. The number of halogens is 1. The predicted molar refractivity (Wildman–Crippen MR) is 95.1 cm³/mol. The van der Waals surface area contributed by atoms with Gasteiger partial charge in [-0.2, -0.15) is 0 Å². The maximum atomic E-state index is 12.4. The van der Waals surface area contributed by atoms with E-state index in [1.807, 2.05) is 13.8 Å². The van der Waals surface area contributed by atoms with Gasteiger partial charge < -0.3 is 10.1 Å². The van der Waals surface area contributed by atoms with Crippen molar-refractivity contribution < 1.29 is 22.7 Å². The molecule has 140 valence electrons. The molecule has 0 radical (unpaired) electrons. The van der Waals surface area contributed by atoms with Crippen molar-refractivity contribution in [2.45, 2.75) is 31.2 Å². The number of hydrogen-bond acceptors (Lipinski definition) is 5. The minimum atomic E-state index is -3.80. The molecule has 0 bridgehead atoms. The summed E-state index contributed by atoms with van der Waals surface area (Å²) in [4.78, 5) is 24.1. The normalized spacial score (nSPS) is 13.0. The Labute approximate surface area is 153 Å². The number of carbonyl (C=O) groups is 2. The maximum Gasteiger partial charge on any atom is 0.328 e. The van der Waals surface area contributed by atoms with Crippen molar-refractivity contribution in [3.8, 4) is 0 Å². The van der Waals surface area contributed by atoms with Crippen molar-refractivity contribution in [2.24, 2.45) is 5.92 Å². The van der Waals surface area contributed by atoms with Crippen LogP contribution in [-0.2, 0) is 19.6 Å². The average molecular weight is 391 g/mol. The standard InChI is InChI=1S/C16H23ClN2O5S/c1-10(2)8-13(16(21)24-5)18-15(20)11-6-7-12(17)14(9-11)25(22,23)19(3)4/h6-7,9-10,13H,8H2,1-5H3,(H,18,20)/t13-/m1/s1.